The average Bonchev–Trinajstić information content (AvgIpc) is 2.93. The van der Waals surface area contributed by atoms with Crippen molar-refractivity contribution in [3.63, 3.8) is 0 Å². The summed E-state index contributed by atoms with van der Waals surface area (Å²) in [6.07, 6.45) is 2.45. The SMILES string of the molecule is N[C@@H](C(=O)NCC1CCCC1C(=O)O)c1ccccc1. The van der Waals surface area contributed by atoms with Crippen LogP contribution in [0, 0.1) is 11.8 Å². The maximum Gasteiger partial charge on any atom is 0.306 e. The van der Waals surface area contributed by atoms with Crippen LogP contribution in [0.25, 0.3) is 0 Å². The fourth-order valence-corrected chi connectivity index (χ4v) is 2.76. The molecule has 0 bridgehead atoms. The molecule has 0 spiro atoms. The number of rotatable bonds is 5. The Kier molecular flexibility index (Phi) is 4.74. The molecule has 0 saturated heterocycles. The van der Waals surface area contributed by atoms with Crippen LogP contribution in [0.2, 0.25) is 0 Å². The number of amides is 1. The van der Waals surface area contributed by atoms with Gasteiger partial charge in [-0.25, -0.2) is 0 Å². The molecule has 5 heteroatoms. The van der Waals surface area contributed by atoms with Crippen molar-refractivity contribution >= 4 is 11.9 Å². The summed E-state index contributed by atoms with van der Waals surface area (Å²) in [6, 6.07) is 8.43. The van der Waals surface area contributed by atoms with E-state index in [4.69, 9.17) is 10.8 Å². The van der Waals surface area contributed by atoms with Gasteiger partial charge in [-0.15, -0.1) is 0 Å². The molecule has 1 aliphatic carbocycles. The minimum absolute atomic E-state index is 0.0134. The van der Waals surface area contributed by atoms with Gasteiger partial charge in [-0.3, -0.25) is 9.59 Å². The lowest BCUT2D eigenvalue weighted by Crippen LogP contribution is -2.38. The van der Waals surface area contributed by atoms with E-state index in [-0.39, 0.29) is 17.7 Å². The summed E-state index contributed by atoms with van der Waals surface area (Å²) < 4.78 is 0. The first kappa shape index (κ1) is 14.5. The number of carbonyl (C=O) groups is 2. The number of hydrogen-bond acceptors (Lipinski definition) is 3. The first-order valence-electron chi connectivity index (χ1n) is 6.90. The van der Waals surface area contributed by atoms with Crippen LogP contribution in [0.5, 0.6) is 0 Å². The van der Waals surface area contributed by atoms with Crippen LogP contribution in [0.4, 0.5) is 0 Å². The second-order valence-corrected chi connectivity index (χ2v) is 5.27. The van der Waals surface area contributed by atoms with E-state index < -0.39 is 12.0 Å². The Balaban J connectivity index is 1.87. The fraction of sp³-hybridized carbons (Fsp3) is 0.467. The molecule has 2 rings (SSSR count). The Bertz CT molecular complexity index is 475. The number of carboxylic acids is 1. The van der Waals surface area contributed by atoms with Crippen molar-refractivity contribution in [2.24, 2.45) is 17.6 Å². The molecule has 0 heterocycles. The molecule has 4 N–H and O–H groups in total. The first-order chi connectivity index (χ1) is 9.59. The Hall–Kier alpha value is -1.88. The highest BCUT2D eigenvalue weighted by Crippen LogP contribution is 2.31. The van der Waals surface area contributed by atoms with Gasteiger partial charge >= 0.3 is 5.97 Å². The van der Waals surface area contributed by atoms with Gasteiger partial charge in [0.05, 0.1) is 5.92 Å². The summed E-state index contributed by atoms with van der Waals surface area (Å²) in [5.74, 6) is -1.36. The summed E-state index contributed by atoms with van der Waals surface area (Å²) in [4.78, 5) is 23.1. The van der Waals surface area contributed by atoms with Crippen molar-refractivity contribution < 1.29 is 14.7 Å². The highest BCUT2D eigenvalue weighted by molar-refractivity contribution is 5.83. The fourth-order valence-electron chi connectivity index (χ4n) is 2.76. The second-order valence-electron chi connectivity index (χ2n) is 5.27. The molecule has 1 aliphatic rings. The Morgan fingerprint density at radius 2 is 2.00 bits per heavy atom. The highest BCUT2D eigenvalue weighted by Gasteiger charge is 2.33. The molecule has 5 nitrogen and oxygen atoms in total. The minimum atomic E-state index is -0.769. The van der Waals surface area contributed by atoms with E-state index in [9.17, 15) is 9.59 Å². The molecular weight excluding hydrogens is 256 g/mol. The zero-order valence-corrected chi connectivity index (χ0v) is 11.3. The third kappa shape index (κ3) is 3.36. The van der Waals surface area contributed by atoms with Crippen LogP contribution in [0.1, 0.15) is 30.9 Å². The summed E-state index contributed by atoms with van der Waals surface area (Å²) >= 11 is 0. The largest absolute Gasteiger partial charge is 0.481 e. The Morgan fingerprint density at radius 3 is 2.65 bits per heavy atom. The predicted octanol–water partition coefficient (Wildman–Crippen LogP) is 1.30. The zero-order chi connectivity index (χ0) is 14.5. The van der Waals surface area contributed by atoms with E-state index in [2.05, 4.69) is 5.32 Å². The molecule has 0 radical (unpaired) electrons. The second kappa shape index (κ2) is 6.52. The predicted molar refractivity (Wildman–Crippen MR) is 74.8 cm³/mol. The molecular formula is C15H20N2O3. The lowest BCUT2D eigenvalue weighted by Gasteiger charge is -2.18. The van der Waals surface area contributed by atoms with Crippen molar-refractivity contribution in [1.29, 1.82) is 0 Å². The molecule has 1 amide bonds. The standard InChI is InChI=1S/C15H20N2O3/c16-13(10-5-2-1-3-6-10)14(18)17-9-11-7-4-8-12(11)15(19)20/h1-3,5-6,11-13H,4,7-9,16H2,(H,17,18)(H,19,20)/t11?,12?,13-/m1/s1. The van der Waals surface area contributed by atoms with Crippen molar-refractivity contribution in [2.45, 2.75) is 25.3 Å². The summed E-state index contributed by atoms with van der Waals surface area (Å²) in [5.41, 5.74) is 6.65. The van der Waals surface area contributed by atoms with E-state index in [1.165, 1.54) is 0 Å². The van der Waals surface area contributed by atoms with Crippen LogP contribution >= 0.6 is 0 Å². The molecule has 1 saturated carbocycles. The van der Waals surface area contributed by atoms with Gasteiger partial charge in [-0.2, -0.15) is 0 Å². The monoisotopic (exact) mass is 276 g/mol. The van der Waals surface area contributed by atoms with E-state index >= 15 is 0 Å². The van der Waals surface area contributed by atoms with E-state index in [1.54, 1.807) is 12.1 Å². The summed E-state index contributed by atoms with van der Waals surface area (Å²) in [7, 11) is 0. The van der Waals surface area contributed by atoms with Gasteiger partial charge in [0.25, 0.3) is 0 Å². The van der Waals surface area contributed by atoms with Gasteiger partial charge in [0.1, 0.15) is 6.04 Å². The van der Waals surface area contributed by atoms with E-state index in [1.807, 2.05) is 18.2 Å². The average molecular weight is 276 g/mol. The van der Waals surface area contributed by atoms with Crippen molar-refractivity contribution in [3.05, 3.63) is 35.9 Å². The van der Waals surface area contributed by atoms with E-state index in [0.29, 0.717) is 13.0 Å². The van der Waals surface area contributed by atoms with Gasteiger partial charge < -0.3 is 16.2 Å². The number of nitrogens with one attached hydrogen (secondary N) is 1. The molecule has 108 valence electrons. The number of carboxylic acid groups (broad SMARTS) is 1. The molecule has 0 aliphatic heterocycles. The quantitative estimate of drug-likeness (QED) is 0.756. The number of hydrogen-bond donors (Lipinski definition) is 3. The lowest BCUT2D eigenvalue weighted by molar-refractivity contribution is -0.143. The van der Waals surface area contributed by atoms with Gasteiger partial charge in [0.2, 0.25) is 5.91 Å². The van der Waals surface area contributed by atoms with Crippen molar-refractivity contribution in [2.75, 3.05) is 6.54 Å². The number of benzene rings is 1. The summed E-state index contributed by atoms with van der Waals surface area (Å²) in [6.45, 7) is 0.385. The molecule has 0 aromatic heterocycles. The lowest BCUT2D eigenvalue weighted by atomic mass is 9.96. The third-order valence-corrected chi connectivity index (χ3v) is 3.96. The first-order valence-corrected chi connectivity index (χ1v) is 6.90. The Morgan fingerprint density at radius 1 is 1.30 bits per heavy atom. The maximum atomic E-state index is 12.0. The molecule has 1 aromatic rings. The highest BCUT2D eigenvalue weighted by atomic mass is 16.4. The molecule has 1 aromatic carbocycles. The number of nitrogens with two attached hydrogens (primary N) is 1. The van der Waals surface area contributed by atoms with Gasteiger partial charge in [-0.05, 0) is 24.3 Å². The Labute approximate surface area is 118 Å². The van der Waals surface area contributed by atoms with Crippen molar-refractivity contribution in [3.8, 4) is 0 Å². The number of aliphatic carboxylic acids is 1. The van der Waals surface area contributed by atoms with Crippen LogP contribution in [-0.4, -0.2) is 23.5 Å². The normalized spacial score (nSPS) is 23.2. The van der Waals surface area contributed by atoms with Crippen LogP contribution in [-0.2, 0) is 9.59 Å². The van der Waals surface area contributed by atoms with Crippen molar-refractivity contribution in [1.82, 2.24) is 5.32 Å². The third-order valence-electron chi connectivity index (χ3n) is 3.96. The molecule has 1 fully saturated rings. The van der Waals surface area contributed by atoms with Crippen LogP contribution < -0.4 is 11.1 Å². The van der Waals surface area contributed by atoms with Gasteiger partial charge in [0.15, 0.2) is 0 Å². The molecule has 20 heavy (non-hydrogen) atoms. The maximum absolute atomic E-state index is 12.0. The minimum Gasteiger partial charge on any atom is -0.481 e. The van der Waals surface area contributed by atoms with E-state index in [0.717, 1.165) is 18.4 Å². The van der Waals surface area contributed by atoms with Crippen LogP contribution in [0.3, 0.4) is 0 Å². The zero-order valence-electron chi connectivity index (χ0n) is 11.3. The number of carbonyl (C=O) groups excluding carboxylic acids is 1. The van der Waals surface area contributed by atoms with Gasteiger partial charge in [-0.1, -0.05) is 36.8 Å². The summed E-state index contributed by atoms with van der Waals surface area (Å²) in [5, 5.41) is 11.9. The van der Waals surface area contributed by atoms with Gasteiger partial charge in [0, 0.05) is 6.54 Å². The molecule has 3 atom stereocenters. The smallest absolute Gasteiger partial charge is 0.306 e. The molecule has 2 unspecified atom stereocenters. The van der Waals surface area contributed by atoms with Crippen LogP contribution in [0.15, 0.2) is 30.3 Å². The topological polar surface area (TPSA) is 92.4 Å².